The first-order valence-electron chi connectivity index (χ1n) is 11.1. The largest absolute Gasteiger partial charge is 0.350 e. The standard InChI is InChI=1S/C24H31N3O2S/c1-18-6-8-19(9-7-18)24(29)27-14-10-21-20(17-27)16-22(30-21)23(28)25-11-15-26-12-4-2-3-5-13-26/h6-9,16H,2-5,10-15,17H2,1H3,(H,25,28). The summed E-state index contributed by atoms with van der Waals surface area (Å²) in [5.41, 5.74) is 2.99. The van der Waals surface area contributed by atoms with Crippen LogP contribution in [0.25, 0.3) is 0 Å². The van der Waals surface area contributed by atoms with Crippen LogP contribution in [0.5, 0.6) is 0 Å². The van der Waals surface area contributed by atoms with Gasteiger partial charge in [0.05, 0.1) is 4.88 Å². The lowest BCUT2D eigenvalue weighted by Gasteiger charge is -2.27. The number of fused-ring (bicyclic) bond motifs is 1. The molecule has 4 rings (SSSR count). The average molecular weight is 426 g/mol. The molecular weight excluding hydrogens is 394 g/mol. The summed E-state index contributed by atoms with van der Waals surface area (Å²) in [4.78, 5) is 31.8. The minimum Gasteiger partial charge on any atom is -0.350 e. The molecule has 2 aromatic rings. The molecule has 3 heterocycles. The number of hydrogen-bond donors (Lipinski definition) is 1. The van der Waals surface area contributed by atoms with Gasteiger partial charge in [-0.2, -0.15) is 0 Å². The summed E-state index contributed by atoms with van der Waals surface area (Å²) in [6.45, 7) is 7.22. The van der Waals surface area contributed by atoms with Gasteiger partial charge in [-0.1, -0.05) is 30.5 Å². The van der Waals surface area contributed by atoms with Gasteiger partial charge in [-0.15, -0.1) is 11.3 Å². The van der Waals surface area contributed by atoms with E-state index >= 15 is 0 Å². The van der Waals surface area contributed by atoms with E-state index in [-0.39, 0.29) is 11.8 Å². The maximum atomic E-state index is 12.8. The predicted octanol–water partition coefficient (Wildman–Crippen LogP) is 3.86. The number of nitrogens with one attached hydrogen (secondary N) is 1. The molecule has 2 aliphatic rings. The number of rotatable bonds is 5. The van der Waals surface area contributed by atoms with Gasteiger partial charge in [-0.3, -0.25) is 9.59 Å². The molecule has 0 spiro atoms. The molecule has 1 aromatic heterocycles. The van der Waals surface area contributed by atoms with Crippen molar-refractivity contribution in [2.75, 3.05) is 32.7 Å². The fourth-order valence-corrected chi connectivity index (χ4v) is 5.35. The van der Waals surface area contributed by atoms with Crippen molar-refractivity contribution in [2.24, 2.45) is 0 Å². The van der Waals surface area contributed by atoms with Crippen molar-refractivity contribution in [2.45, 2.75) is 45.6 Å². The van der Waals surface area contributed by atoms with Gasteiger partial charge in [-0.25, -0.2) is 0 Å². The first-order chi connectivity index (χ1) is 14.6. The van der Waals surface area contributed by atoms with Crippen LogP contribution in [-0.4, -0.2) is 54.3 Å². The molecule has 1 aromatic carbocycles. The Morgan fingerprint density at radius 2 is 1.77 bits per heavy atom. The van der Waals surface area contributed by atoms with E-state index < -0.39 is 0 Å². The number of nitrogens with zero attached hydrogens (tertiary/aromatic N) is 2. The maximum absolute atomic E-state index is 12.8. The molecule has 2 amide bonds. The normalized spacial score (nSPS) is 17.3. The van der Waals surface area contributed by atoms with Crippen molar-refractivity contribution in [3.05, 3.63) is 56.8 Å². The highest BCUT2D eigenvalue weighted by atomic mass is 32.1. The molecule has 1 saturated heterocycles. The van der Waals surface area contributed by atoms with Crippen LogP contribution in [0.1, 0.15) is 61.7 Å². The van der Waals surface area contributed by atoms with Crippen molar-refractivity contribution in [1.82, 2.24) is 15.1 Å². The summed E-state index contributed by atoms with van der Waals surface area (Å²) >= 11 is 1.58. The number of hydrogen-bond acceptors (Lipinski definition) is 4. The lowest BCUT2D eigenvalue weighted by Crippen LogP contribution is -2.35. The molecule has 1 fully saturated rings. The van der Waals surface area contributed by atoms with Gasteiger partial charge < -0.3 is 15.1 Å². The van der Waals surface area contributed by atoms with Gasteiger partial charge >= 0.3 is 0 Å². The van der Waals surface area contributed by atoms with Gasteiger partial charge in [0.15, 0.2) is 0 Å². The Morgan fingerprint density at radius 3 is 2.50 bits per heavy atom. The number of benzene rings is 1. The second kappa shape index (κ2) is 9.75. The highest BCUT2D eigenvalue weighted by Crippen LogP contribution is 2.29. The molecule has 2 aliphatic heterocycles. The van der Waals surface area contributed by atoms with E-state index in [2.05, 4.69) is 10.2 Å². The fraction of sp³-hybridized carbons (Fsp3) is 0.500. The molecule has 0 aliphatic carbocycles. The summed E-state index contributed by atoms with van der Waals surface area (Å²) in [7, 11) is 0. The van der Waals surface area contributed by atoms with Crippen LogP contribution in [0, 0.1) is 6.92 Å². The molecule has 0 atom stereocenters. The SMILES string of the molecule is Cc1ccc(C(=O)N2CCc3sc(C(=O)NCCN4CCCCCC4)cc3C2)cc1. The summed E-state index contributed by atoms with van der Waals surface area (Å²) in [5, 5.41) is 3.09. The van der Waals surface area contributed by atoms with Gasteiger partial charge in [0, 0.05) is 36.6 Å². The van der Waals surface area contributed by atoms with Gasteiger partial charge in [0.25, 0.3) is 11.8 Å². The third-order valence-corrected chi connectivity index (χ3v) is 7.32. The second-order valence-electron chi connectivity index (χ2n) is 8.41. The zero-order valence-corrected chi connectivity index (χ0v) is 18.6. The lowest BCUT2D eigenvalue weighted by molar-refractivity contribution is 0.0736. The van der Waals surface area contributed by atoms with Crippen molar-refractivity contribution in [3.63, 3.8) is 0 Å². The number of likely N-dealkylation sites (tertiary alicyclic amines) is 1. The molecule has 30 heavy (non-hydrogen) atoms. The Labute approximate surface area is 183 Å². The first kappa shape index (κ1) is 21.1. The highest BCUT2D eigenvalue weighted by molar-refractivity contribution is 7.14. The van der Waals surface area contributed by atoms with E-state index in [1.807, 2.05) is 42.2 Å². The minimum absolute atomic E-state index is 0.0145. The Morgan fingerprint density at radius 1 is 1.03 bits per heavy atom. The molecule has 0 unspecified atom stereocenters. The third kappa shape index (κ3) is 5.10. The summed E-state index contributed by atoms with van der Waals surface area (Å²) in [6, 6.07) is 9.71. The van der Waals surface area contributed by atoms with E-state index in [1.54, 1.807) is 11.3 Å². The van der Waals surface area contributed by atoms with Crippen LogP contribution in [0.4, 0.5) is 0 Å². The Kier molecular flexibility index (Phi) is 6.85. The maximum Gasteiger partial charge on any atom is 0.261 e. The fourth-order valence-electron chi connectivity index (χ4n) is 4.27. The number of amides is 2. The summed E-state index contributed by atoms with van der Waals surface area (Å²) < 4.78 is 0. The van der Waals surface area contributed by atoms with Gasteiger partial charge in [-0.05, 0) is 63.0 Å². The van der Waals surface area contributed by atoms with E-state index in [9.17, 15) is 9.59 Å². The van der Waals surface area contributed by atoms with E-state index in [0.717, 1.165) is 47.6 Å². The monoisotopic (exact) mass is 425 g/mol. The van der Waals surface area contributed by atoms with Crippen LogP contribution in [0.3, 0.4) is 0 Å². The van der Waals surface area contributed by atoms with Gasteiger partial charge in [0.1, 0.15) is 0 Å². The molecular formula is C24H31N3O2S. The minimum atomic E-state index is 0.0145. The predicted molar refractivity (Wildman–Crippen MR) is 121 cm³/mol. The Hall–Kier alpha value is -2.18. The molecule has 1 N–H and O–H groups in total. The van der Waals surface area contributed by atoms with Gasteiger partial charge in [0.2, 0.25) is 0 Å². The van der Waals surface area contributed by atoms with Crippen molar-refractivity contribution >= 4 is 23.2 Å². The number of carbonyl (C=O) groups excluding carboxylic acids is 2. The molecule has 6 heteroatoms. The van der Waals surface area contributed by atoms with Crippen molar-refractivity contribution in [3.8, 4) is 0 Å². The van der Waals surface area contributed by atoms with E-state index in [4.69, 9.17) is 0 Å². The number of carbonyl (C=O) groups is 2. The van der Waals surface area contributed by atoms with Crippen LogP contribution >= 0.6 is 11.3 Å². The zero-order chi connectivity index (χ0) is 20.9. The molecule has 5 nitrogen and oxygen atoms in total. The van der Waals surface area contributed by atoms with Crippen LogP contribution in [0.15, 0.2) is 30.3 Å². The van der Waals surface area contributed by atoms with Crippen LogP contribution < -0.4 is 5.32 Å². The summed E-state index contributed by atoms with van der Waals surface area (Å²) in [6.07, 6.45) is 6.01. The highest BCUT2D eigenvalue weighted by Gasteiger charge is 2.25. The lowest BCUT2D eigenvalue weighted by atomic mass is 10.1. The zero-order valence-electron chi connectivity index (χ0n) is 17.8. The third-order valence-electron chi connectivity index (χ3n) is 6.09. The van der Waals surface area contributed by atoms with E-state index in [1.165, 1.54) is 30.6 Å². The first-order valence-corrected chi connectivity index (χ1v) is 11.9. The molecule has 0 bridgehead atoms. The smallest absolute Gasteiger partial charge is 0.261 e. The molecule has 160 valence electrons. The second-order valence-corrected chi connectivity index (χ2v) is 9.55. The number of aryl methyl sites for hydroxylation is 1. The number of thiophene rings is 1. The molecule has 0 saturated carbocycles. The van der Waals surface area contributed by atoms with E-state index in [0.29, 0.717) is 19.6 Å². The Balaban J connectivity index is 1.32. The van der Waals surface area contributed by atoms with Crippen molar-refractivity contribution in [1.29, 1.82) is 0 Å². The Bertz CT molecular complexity index is 882. The van der Waals surface area contributed by atoms with Crippen LogP contribution in [-0.2, 0) is 13.0 Å². The summed E-state index contributed by atoms with van der Waals surface area (Å²) in [5.74, 6) is 0.0796. The van der Waals surface area contributed by atoms with Crippen molar-refractivity contribution < 1.29 is 9.59 Å². The quantitative estimate of drug-likeness (QED) is 0.791. The topological polar surface area (TPSA) is 52.7 Å². The average Bonchev–Trinajstić information content (AvgIpc) is 3.02. The van der Waals surface area contributed by atoms with Crippen LogP contribution in [0.2, 0.25) is 0 Å². The molecule has 0 radical (unpaired) electrons.